The van der Waals surface area contributed by atoms with Crippen LogP contribution in [0.2, 0.25) is 0 Å². The second-order valence-electron chi connectivity index (χ2n) is 8.12. The van der Waals surface area contributed by atoms with Crippen molar-refractivity contribution in [3.63, 3.8) is 0 Å². The third-order valence-corrected chi connectivity index (χ3v) is 7.62. The summed E-state index contributed by atoms with van der Waals surface area (Å²) in [6.07, 6.45) is 0. The minimum absolute atomic E-state index is 0.0718. The Balaban J connectivity index is 1.39. The number of hydrogen-bond acceptors (Lipinski definition) is 6. The van der Waals surface area contributed by atoms with Crippen LogP contribution in [0.15, 0.2) is 65.6 Å². The second kappa shape index (κ2) is 10.4. The first kappa shape index (κ1) is 24.6. The van der Waals surface area contributed by atoms with Crippen LogP contribution >= 0.6 is 0 Å². The number of aromatic nitrogens is 1. The molecule has 0 saturated carbocycles. The molecule has 1 fully saturated rings. The number of rotatable bonds is 7. The number of carbonyl (C=O) groups is 2. The molecular weight excluding hydrogens is 470 g/mol. The smallest absolute Gasteiger partial charge is 0.340 e. The minimum Gasteiger partial charge on any atom is -0.452 e. The SMILES string of the molecule is Cc1cc(C(=O)OCC(=O)Nc2cccc(S(=O)(=O)N3CCOCC3)c2)c(C)n1-c1ccccc1. The van der Waals surface area contributed by atoms with Crippen molar-refractivity contribution < 1.29 is 27.5 Å². The predicted molar refractivity (Wildman–Crippen MR) is 130 cm³/mol. The van der Waals surface area contributed by atoms with Gasteiger partial charge in [0.15, 0.2) is 6.61 Å². The van der Waals surface area contributed by atoms with E-state index in [0.29, 0.717) is 30.2 Å². The summed E-state index contributed by atoms with van der Waals surface area (Å²) in [7, 11) is -3.70. The topological polar surface area (TPSA) is 107 Å². The summed E-state index contributed by atoms with van der Waals surface area (Å²) in [6.45, 7) is 4.44. The van der Waals surface area contributed by atoms with Gasteiger partial charge in [0.05, 0.1) is 23.7 Å². The van der Waals surface area contributed by atoms with E-state index in [1.807, 2.05) is 48.7 Å². The minimum atomic E-state index is -3.70. The quantitative estimate of drug-likeness (QED) is 0.503. The number of sulfonamides is 1. The first-order valence-electron chi connectivity index (χ1n) is 11.2. The Hall–Kier alpha value is -3.47. The van der Waals surface area contributed by atoms with Crippen LogP contribution in [-0.4, -0.2) is 62.1 Å². The van der Waals surface area contributed by atoms with Crippen LogP contribution in [0.3, 0.4) is 0 Å². The Labute approximate surface area is 204 Å². The van der Waals surface area contributed by atoms with Gasteiger partial charge in [0, 0.05) is 35.9 Å². The van der Waals surface area contributed by atoms with E-state index in [9.17, 15) is 18.0 Å². The lowest BCUT2D eigenvalue weighted by molar-refractivity contribution is -0.119. The molecule has 0 bridgehead atoms. The fraction of sp³-hybridized carbons (Fsp3) is 0.280. The van der Waals surface area contributed by atoms with Crippen molar-refractivity contribution >= 4 is 27.6 Å². The maximum atomic E-state index is 12.8. The number of anilines is 1. The molecule has 1 amide bonds. The van der Waals surface area contributed by atoms with Gasteiger partial charge in [0.25, 0.3) is 5.91 Å². The Bertz CT molecular complexity index is 1330. The number of ether oxygens (including phenoxy) is 2. The third kappa shape index (κ3) is 5.45. The molecule has 184 valence electrons. The molecule has 1 aromatic heterocycles. The van der Waals surface area contributed by atoms with Gasteiger partial charge in [-0.05, 0) is 50.2 Å². The molecule has 35 heavy (non-hydrogen) atoms. The Kier molecular flexibility index (Phi) is 7.34. The van der Waals surface area contributed by atoms with Crippen molar-refractivity contribution in [2.75, 3.05) is 38.2 Å². The van der Waals surface area contributed by atoms with Crippen LogP contribution in [0.1, 0.15) is 21.7 Å². The summed E-state index contributed by atoms with van der Waals surface area (Å²) < 4.78 is 39.4. The van der Waals surface area contributed by atoms with E-state index in [-0.39, 0.29) is 18.0 Å². The zero-order chi connectivity index (χ0) is 25.0. The number of carbonyl (C=O) groups excluding carboxylic acids is 2. The molecule has 2 aromatic carbocycles. The van der Waals surface area contributed by atoms with Gasteiger partial charge in [-0.15, -0.1) is 0 Å². The number of nitrogens with one attached hydrogen (secondary N) is 1. The molecule has 9 nitrogen and oxygen atoms in total. The summed E-state index contributed by atoms with van der Waals surface area (Å²) in [5, 5.41) is 2.59. The largest absolute Gasteiger partial charge is 0.452 e. The molecule has 1 N–H and O–H groups in total. The van der Waals surface area contributed by atoms with Crippen LogP contribution in [0.25, 0.3) is 5.69 Å². The van der Waals surface area contributed by atoms with Gasteiger partial charge >= 0.3 is 5.97 Å². The lowest BCUT2D eigenvalue weighted by Crippen LogP contribution is -2.40. The number of aryl methyl sites for hydroxylation is 1. The lowest BCUT2D eigenvalue weighted by Gasteiger charge is -2.26. The zero-order valence-electron chi connectivity index (χ0n) is 19.6. The van der Waals surface area contributed by atoms with Crippen LogP contribution < -0.4 is 5.32 Å². The Morgan fingerprint density at radius 3 is 2.43 bits per heavy atom. The number of morpholine rings is 1. The molecule has 1 aliphatic heterocycles. The van der Waals surface area contributed by atoms with Gasteiger partial charge < -0.3 is 19.4 Å². The van der Waals surface area contributed by atoms with Gasteiger partial charge in [0.2, 0.25) is 10.0 Å². The van der Waals surface area contributed by atoms with E-state index in [1.165, 1.54) is 16.4 Å². The zero-order valence-corrected chi connectivity index (χ0v) is 20.4. The van der Waals surface area contributed by atoms with Gasteiger partial charge in [-0.1, -0.05) is 24.3 Å². The first-order valence-corrected chi connectivity index (χ1v) is 12.6. The molecule has 10 heteroatoms. The van der Waals surface area contributed by atoms with Gasteiger partial charge in [-0.25, -0.2) is 13.2 Å². The first-order chi connectivity index (χ1) is 16.8. The maximum Gasteiger partial charge on any atom is 0.340 e. The molecule has 0 spiro atoms. The number of para-hydroxylation sites is 1. The van der Waals surface area contributed by atoms with E-state index in [0.717, 1.165) is 11.4 Å². The van der Waals surface area contributed by atoms with Gasteiger partial charge in [-0.2, -0.15) is 4.31 Å². The van der Waals surface area contributed by atoms with E-state index < -0.39 is 28.5 Å². The fourth-order valence-electron chi connectivity index (χ4n) is 4.02. The molecule has 1 saturated heterocycles. The van der Waals surface area contributed by atoms with Crippen LogP contribution in [0, 0.1) is 13.8 Å². The molecule has 0 aliphatic carbocycles. The number of esters is 1. The monoisotopic (exact) mass is 497 g/mol. The number of benzene rings is 2. The van der Waals surface area contributed by atoms with E-state index in [2.05, 4.69) is 5.32 Å². The molecule has 0 atom stereocenters. The normalized spacial score (nSPS) is 14.5. The number of nitrogens with zero attached hydrogens (tertiary/aromatic N) is 2. The van der Waals surface area contributed by atoms with Gasteiger partial charge in [-0.3, -0.25) is 4.79 Å². The average molecular weight is 498 g/mol. The second-order valence-corrected chi connectivity index (χ2v) is 10.1. The summed E-state index contributed by atoms with van der Waals surface area (Å²) in [6, 6.07) is 17.3. The Morgan fingerprint density at radius 1 is 1.00 bits per heavy atom. The highest BCUT2D eigenvalue weighted by atomic mass is 32.2. The molecule has 0 radical (unpaired) electrons. The third-order valence-electron chi connectivity index (χ3n) is 5.73. The summed E-state index contributed by atoms with van der Waals surface area (Å²) in [5.41, 5.74) is 3.16. The standard InChI is InChI=1S/C25H27N3O6S/c1-18-15-23(19(2)28(18)21-8-4-3-5-9-21)25(30)34-17-24(29)26-20-7-6-10-22(16-20)35(31,32)27-11-13-33-14-12-27/h3-10,15-16H,11-14,17H2,1-2H3,(H,26,29). The van der Waals surface area contributed by atoms with E-state index >= 15 is 0 Å². The molecular formula is C25H27N3O6S. The van der Waals surface area contributed by atoms with Crippen molar-refractivity contribution in [1.82, 2.24) is 8.87 Å². The summed E-state index contributed by atoms with van der Waals surface area (Å²) in [5.74, 6) is -1.18. The Morgan fingerprint density at radius 2 is 1.71 bits per heavy atom. The maximum absolute atomic E-state index is 12.8. The van der Waals surface area contributed by atoms with E-state index in [1.54, 1.807) is 18.2 Å². The highest BCUT2D eigenvalue weighted by molar-refractivity contribution is 7.89. The van der Waals surface area contributed by atoms with Crippen molar-refractivity contribution in [3.05, 3.63) is 77.6 Å². The molecule has 0 unspecified atom stereocenters. The number of amides is 1. The fourth-order valence-corrected chi connectivity index (χ4v) is 5.47. The highest BCUT2D eigenvalue weighted by Crippen LogP contribution is 2.22. The molecule has 3 aromatic rings. The van der Waals surface area contributed by atoms with Crippen LogP contribution in [0.4, 0.5) is 5.69 Å². The molecule has 1 aliphatic rings. The van der Waals surface area contributed by atoms with Crippen molar-refractivity contribution in [3.8, 4) is 5.69 Å². The number of hydrogen-bond donors (Lipinski definition) is 1. The lowest BCUT2D eigenvalue weighted by atomic mass is 10.2. The van der Waals surface area contributed by atoms with Crippen LogP contribution in [0.5, 0.6) is 0 Å². The van der Waals surface area contributed by atoms with Gasteiger partial charge in [0.1, 0.15) is 0 Å². The highest BCUT2D eigenvalue weighted by Gasteiger charge is 2.26. The van der Waals surface area contributed by atoms with Crippen molar-refractivity contribution in [1.29, 1.82) is 0 Å². The predicted octanol–water partition coefficient (Wildman–Crippen LogP) is 2.91. The summed E-state index contributed by atoms with van der Waals surface area (Å²) >= 11 is 0. The summed E-state index contributed by atoms with van der Waals surface area (Å²) in [4.78, 5) is 25.2. The molecule has 2 heterocycles. The molecule has 4 rings (SSSR count). The van der Waals surface area contributed by atoms with Crippen molar-refractivity contribution in [2.45, 2.75) is 18.7 Å². The average Bonchev–Trinajstić information content (AvgIpc) is 3.17. The van der Waals surface area contributed by atoms with Crippen molar-refractivity contribution in [2.24, 2.45) is 0 Å². The van der Waals surface area contributed by atoms with E-state index in [4.69, 9.17) is 9.47 Å². The van der Waals surface area contributed by atoms with Crippen LogP contribution in [-0.2, 0) is 24.3 Å².